The second kappa shape index (κ2) is 6.64. The molecule has 0 aliphatic carbocycles. The van der Waals surface area contributed by atoms with Crippen LogP contribution in [0.3, 0.4) is 0 Å². The molecule has 0 fully saturated rings. The van der Waals surface area contributed by atoms with Crippen molar-refractivity contribution >= 4 is 23.4 Å². The van der Waals surface area contributed by atoms with Crippen molar-refractivity contribution in [3.8, 4) is 0 Å². The first kappa shape index (κ1) is 16.1. The Labute approximate surface area is 133 Å². The van der Waals surface area contributed by atoms with E-state index < -0.39 is 0 Å². The van der Waals surface area contributed by atoms with Crippen LogP contribution in [0.1, 0.15) is 26.3 Å². The average molecular weight is 324 g/mol. The van der Waals surface area contributed by atoms with Gasteiger partial charge in [0.25, 0.3) is 5.56 Å². The van der Waals surface area contributed by atoms with Crippen molar-refractivity contribution in [2.45, 2.75) is 42.9 Å². The Hall–Kier alpha value is -1.30. The summed E-state index contributed by atoms with van der Waals surface area (Å²) >= 11 is 7.51. The third-order valence-electron chi connectivity index (χ3n) is 2.69. The normalized spacial score (nSPS) is 11.6. The number of benzene rings is 1. The first-order valence-corrected chi connectivity index (χ1v) is 7.79. The van der Waals surface area contributed by atoms with Gasteiger partial charge in [-0.25, -0.2) is 4.98 Å². The molecular formula is C15H18ClN3OS. The number of halogens is 1. The monoisotopic (exact) mass is 323 g/mol. The molecule has 0 amide bonds. The predicted molar refractivity (Wildman–Crippen MR) is 87.0 cm³/mol. The van der Waals surface area contributed by atoms with E-state index in [0.717, 1.165) is 10.5 Å². The lowest BCUT2D eigenvalue weighted by Gasteiger charge is -2.21. The largest absolute Gasteiger partial charge is 0.308 e. The minimum atomic E-state index is -0.157. The maximum Gasteiger partial charge on any atom is 0.251 e. The van der Waals surface area contributed by atoms with Gasteiger partial charge in [0.1, 0.15) is 0 Å². The molecule has 0 bridgehead atoms. The smallest absolute Gasteiger partial charge is 0.251 e. The number of aromatic amines is 1. The molecule has 0 saturated heterocycles. The zero-order valence-corrected chi connectivity index (χ0v) is 13.8. The molecule has 1 aromatic heterocycles. The third kappa shape index (κ3) is 5.19. The molecule has 0 radical (unpaired) electrons. The molecule has 0 unspecified atom stereocenters. The quantitative estimate of drug-likeness (QED) is 0.846. The van der Waals surface area contributed by atoms with E-state index >= 15 is 0 Å². The van der Waals surface area contributed by atoms with Gasteiger partial charge in [0, 0.05) is 34.3 Å². The van der Waals surface area contributed by atoms with Gasteiger partial charge in [-0.1, -0.05) is 23.4 Å². The molecular weight excluding hydrogens is 306 g/mol. The Kier molecular flexibility index (Phi) is 5.08. The van der Waals surface area contributed by atoms with Gasteiger partial charge >= 0.3 is 0 Å². The zero-order chi connectivity index (χ0) is 15.5. The van der Waals surface area contributed by atoms with Gasteiger partial charge in [0.15, 0.2) is 5.16 Å². The molecule has 0 atom stereocenters. The molecule has 0 aliphatic heterocycles. The second-order valence-corrected chi connectivity index (χ2v) is 7.16. The van der Waals surface area contributed by atoms with E-state index in [2.05, 4.69) is 36.1 Å². The van der Waals surface area contributed by atoms with Gasteiger partial charge in [-0.2, -0.15) is 0 Å². The lowest BCUT2D eigenvalue weighted by atomic mass is 10.1. The van der Waals surface area contributed by atoms with Gasteiger partial charge in [0.05, 0.1) is 0 Å². The third-order valence-corrected chi connectivity index (χ3v) is 3.94. The lowest BCUT2D eigenvalue weighted by molar-refractivity contribution is 0.422. The van der Waals surface area contributed by atoms with Crippen LogP contribution in [0.5, 0.6) is 0 Å². The fourth-order valence-corrected chi connectivity index (χ4v) is 2.72. The first-order valence-electron chi connectivity index (χ1n) is 6.60. The molecule has 0 spiro atoms. The summed E-state index contributed by atoms with van der Waals surface area (Å²) < 4.78 is 0. The van der Waals surface area contributed by atoms with E-state index in [9.17, 15) is 4.79 Å². The summed E-state index contributed by atoms with van der Waals surface area (Å²) in [5.74, 6) is 0. The minimum Gasteiger partial charge on any atom is -0.308 e. The maximum absolute atomic E-state index is 11.3. The Morgan fingerprint density at radius 2 is 2.10 bits per heavy atom. The van der Waals surface area contributed by atoms with Crippen LogP contribution in [0.15, 0.2) is 45.3 Å². The molecule has 0 aliphatic rings. The van der Waals surface area contributed by atoms with Crippen LogP contribution in [0.2, 0.25) is 5.02 Å². The summed E-state index contributed by atoms with van der Waals surface area (Å²) in [5, 5.41) is 4.70. The summed E-state index contributed by atoms with van der Waals surface area (Å²) in [6.07, 6.45) is 1.50. The fraction of sp³-hybridized carbons (Fsp3) is 0.333. The standard InChI is InChI=1S/C15H18ClN3OS/c1-15(2,3)18-9-10-8-11(16)4-5-12(10)21-14-17-7-6-13(20)19-14/h4-8,18H,9H2,1-3H3,(H,17,19,20). The lowest BCUT2D eigenvalue weighted by Crippen LogP contribution is -2.35. The predicted octanol–water partition coefficient (Wildman–Crippen LogP) is 3.46. The molecule has 21 heavy (non-hydrogen) atoms. The first-order chi connectivity index (χ1) is 9.83. The van der Waals surface area contributed by atoms with Crippen LogP contribution < -0.4 is 10.9 Å². The van der Waals surface area contributed by atoms with Crippen LogP contribution in [-0.2, 0) is 6.54 Å². The van der Waals surface area contributed by atoms with Gasteiger partial charge in [-0.05, 0) is 44.5 Å². The summed E-state index contributed by atoms with van der Waals surface area (Å²) in [4.78, 5) is 19.2. The van der Waals surface area contributed by atoms with E-state index in [1.165, 1.54) is 24.0 Å². The number of rotatable bonds is 4. The Balaban J connectivity index is 2.24. The van der Waals surface area contributed by atoms with E-state index in [4.69, 9.17) is 11.6 Å². The molecule has 2 N–H and O–H groups in total. The van der Waals surface area contributed by atoms with Crippen LogP contribution in [0.25, 0.3) is 0 Å². The van der Waals surface area contributed by atoms with E-state index in [1.54, 1.807) is 0 Å². The molecule has 2 rings (SSSR count). The van der Waals surface area contributed by atoms with Gasteiger partial charge in [-0.15, -0.1) is 0 Å². The Morgan fingerprint density at radius 3 is 2.76 bits per heavy atom. The number of aromatic nitrogens is 2. The summed E-state index contributed by atoms with van der Waals surface area (Å²) in [5.41, 5.74) is 0.938. The van der Waals surface area contributed by atoms with Crippen molar-refractivity contribution in [2.24, 2.45) is 0 Å². The second-order valence-electron chi connectivity index (χ2n) is 5.70. The molecule has 2 aromatic rings. The molecule has 6 heteroatoms. The van der Waals surface area contributed by atoms with E-state index in [1.807, 2.05) is 18.2 Å². The van der Waals surface area contributed by atoms with Crippen molar-refractivity contribution in [1.29, 1.82) is 0 Å². The summed E-state index contributed by atoms with van der Waals surface area (Å²) in [7, 11) is 0. The van der Waals surface area contributed by atoms with Crippen molar-refractivity contribution in [1.82, 2.24) is 15.3 Å². The van der Waals surface area contributed by atoms with Gasteiger partial charge in [-0.3, -0.25) is 4.79 Å². The average Bonchev–Trinajstić information content (AvgIpc) is 2.38. The fourth-order valence-electron chi connectivity index (χ4n) is 1.65. The Morgan fingerprint density at radius 1 is 1.33 bits per heavy atom. The summed E-state index contributed by atoms with van der Waals surface area (Å²) in [6.45, 7) is 7.03. The van der Waals surface area contributed by atoms with E-state index in [-0.39, 0.29) is 11.1 Å². The molecule has 1 aromatic carbocycles. The highest BCUT2D eigenvalue weighted by Gasteiger charge is 2.12. The minimum absolute atomic E-state index is 0.0174. The highest BCUT2D eigenvalue weighted by Crippen LogP contribution is 2.29. The van der Waals surface area contributed by atoms with Crippen LogP contribution in [0, 0.1) is 0 Å². The highest BCUT2D eigenvalue weighted by molar-refractivity contribution is 7.99. The maximum atomic E-state index is 11.3. The van der Waals surface area contributed by atoms with Gasteiger partial charge < -0.3 is 10.3 Å². The molecule has 112 valence electrons. The number of nitrogens with zero attached hydrogens (tertiary/aromatic N) is 1. The topological polar surface area (TPSA) is 57.8 Å². The van der Waals surface area contributed by atoms with Crippen LogP contribution >= 0.6 is 23.4 Å². The molecule has 4 nitrogen and oxygen atoms in total. The van der Waals surface area contributed by atoms with Crippen molar-refractivity contribution in [2.75, 3.05) is 0 Å². The zero-order valence-electron chi connectivity index (χ0n) is 12.2. The molecule has 1 heterocycles. The number of hydrogen-bond donors (Lipinski definition) is 2. The summed E-state index contributed by atoms with van der Waals surface area (Å²) in [6, 6.07) is 7.11. The van der Waals surface area contributed by atoms with Crippen LogP contribution in [0.4, 0.5) is 0 Å². The number of nitrogens with one attached hydrogen (secondary N) is 2. The molecule has 0 saturated carbocycles. The Bertz CT molecular complexity index is 679. The van der Waals surface area contributed by atoms with Crippen LogP contribution in [-0.4, -0.2) is 15.5 Å². The SMILES string of the molecule is CC(C)(C)NCc1cc(Cl)ccc1Sc1nccc(=O)[nH]1. The van der Waals surface area contributed by atoms with Crippen molar-refractivity contribution < 1.29 is 0 Å². The highest BCUT2D eigenvalue weighted by atomic mass is 35.5. The van der Waals surface area contributed by atoms with Crippen molar-refractivity contribution in [3.63, 3.8) is 0 Å². The van der Waals surface area contributed by atoms with Gasteiger partial charge in [0.2, 0.25) is 0 Å². The van der Waals surface area contributed by atoms with Crippen molar-refractivity contribution in [3.05, 3.63) is 51.4 Å². The number of H-pyrrole nitrogens is 1. The van der Waals surface area contributed by atoms with E-state index in [0.29, 0.717) is 16.7 Å². The number of hydrogen-bond acceptors (Lipinski definition) is 4.